The van der Waals surface area contributed by atoms with E-state index in [9.17, 15) is 0 Å². The van der Waals surface area contributed by atoms with E-state index in [-0.39, 0.29) is 0 Å². The molecule has 1 fully saturated rings. The molecule has 0 radical (unpaired) electrons. The van der Waals surface area contributed by atoms with Crippen LogP contribution in [-0.4, -0.2) is 47.0 Å². The minimum Gasteiger partial charge on any atom is -0.350 e. The van der Waals surface area contributed by atoms with E-state index < -0.39 is 0 Å². The molecule has 1 aliphatic rings. The van der Waals surface area contributed by atoms with Crippen LogP contribution in [0.15, 0.2) is 11.2 Å². The molecule has 1 N–H and O–H groups in total. The van der Waals surface area contributed by atoms with Crippen LogP contribution >= 0.6 is 23.1 Å². The van der Waals surface area contributed by atoms with Crippen LogP contribution in [-0.2, 0) is 6.54 Å². The number of hydrogen-bond acceptors (Lipinski definition) is 4. The topological polar surface area (TPSA) is 40.5 Å². The number of aliphatic imine (C=N–C) groups is 1. The second-order valence-electron chi connectivity index (χ2n) is 4.61. The number of thioether (sulfide) groups is 1. The molecule has 106 valence electrons. The average molecular weight is 298 g/mol. The van der Waals surface area contributed by atoms with Gasteiger partial charge in [0.1, 0.15) is 5.01 Å². The van der Waals surface area contributed by atoms with Crippen LogP contribution in [0.5, 0.6) is 0 Å². The molecule has 0 saturated carbocycles. The lowest BCUT2D eigenvalue weighted by Gasteiger charge is -2.34. The quantitative estimate of drug-likeness (QED) is 0.687. The standard InChI is InChI=1S/C13H22N4S2/c1-4-11-9-17(5-6-18-11)13(14-3)16-8-12-15-7-10(2)19-12/h7,11H,4-6,8-9H2,1-3H3,(H,14,16). The molecule has 2 rings (SSSR count). The molecule has 1 aliphatic heterocycles. The van der Waals surface area contributed by atoms with E-state index >= 15 is 0 Å². The molecule has 0 aromatic carbocycles. The highest BCUT2D eigenvalue weighted by atomic mass is 32.2. The molecule has 19 heavy (non-hydrogen) atoms. The number of rotatable bonds is 3. The van der Waals surface area contributed by atoms with E-state index in [2.05, 4.69) is 45.8 Å². The number of nitrogens with zero attached hydrogens (tertiary/aromatic N) is 3. The molecule has 2 heterocycles. The summed E-state index contributed by atoms with van der Waals surface area (Å²) in [6.07, 6.45) is 3.15. The smallest absolute Gasteiger partial charge is 0.194 e. The Morgan fingerprint density at radius 2 is 2.47 bits per heavy atom. The normalized spacial score (nSPS) is 20.7. The van der Waals surface area contributed by atoms with Crippen LogP contribution in [0.2, 0.25) is 0 Å². The Morgan fingerprint density at radius 1 is 1.63 bits per heavy atom. The molecule has 0 aliphatic carbocycles. The van der Waals surface area contributed by atoms with Crippen molar-refractivity contribution in [3.8, 4) is 0 Å². The minimum absolute atomic E-state index is 0.731. The number of aryl methyl sites for hydroxylation is 1. The van der Waals surface area contributed by atoms with Gasteiger partial charge in [0, 0.05) is 42.2 Å². The summed E-state index contributed by atoms with van der Waals surface area (Å²) in [5, 5.41) is 5.28. The third kappa shape index (κ3) is 4.11. The van der Waals surface area contributed by atoms with Crippen LogP contribution in [0.4, 0.5) is 0 Å². The Hall–Kier alpha value is -0.750. The van der Waals surface area contributed by atoms with Gasteiger partial charge in [-0.05, 0) is 13.3 Å². The largest absolute Gasteiger partial charge is 0.350 e. The highest BCUT2D eigenvalue weighted by Gasteiger charge is 2.21. The van der Waals surface area contributed by atoms with Crippen LogP contribution < -0.4 is 5.32 Å². The van der Waals surface area contributed by atoms with E-state index in [1.54, 1.807) is 11.3 Å². The van der Waals surface area contributed by atoms with Gasteiger partial charge in [0.25, 0.3) is 0 Å². The molecule has 1 unspecified atom stereocenters. The molecule has 6 heteroatoms. The highest BCUT2D eigenvalue weighted by molar-refractivity contribution is 8.00. The molecular formula is C13H22N4S2. The average Bonchev–Trinajstić information content (AvgIpc) is 2.85. The summed E-state index contributed by atoms with van der Waals surface area (Å²) in [6, 6.07) is 0. The maximum Gasteiger partial charge on any atom is 0.194 e. The third-order valence-electron chi connectivity index (χ3n) is 3.17. The first-order valence-electron chi connectivity index (χ1n) is 6.71. The predicted octanol–water partition coefficient (Wildman–Crippen LogP) is 2.35. The van der Waals surface area contributed by atoms with Gasteiger partial charge in [-0.2, -0.15) is 11.8 Å². The minimum atomic E-state index is 0.731. The Bertz CT molecular complexity index is 430. The molecule has 0 spiro atoms. The van der Waals surface area contributed by atoms with Gasteiger partial charge < -0.3 is 10.2 Å². The van der Waals surface area contributed by atoms with Crippen LogP contribution in [0.25, 0.3) is 0 Å². The predicted molar refractivity (Wildman–Crippen MR) is 85.2 cm³/mol. The third-order valence-corrected chi connectivity index (χ3v) is 5.46. The van der Waals surface area contributed by atoms with E-state index in [4.69, 9.17) is 0 Å². The second kappa shape index (κ2) is 7.14. The zero-order chi connectivity index (χ0) is 13.7. The summed E-state index contributed by atoms with van der Waals surface area (Å²) in [6.45, 7) is 7.29. The summed E-state index contributed by atoms with van der Waals surface area (Å²) in [7, 11) is 1.86. The lowest BCUT2D eigenvalue weighted by atomic mass is 10.3. The summed E-state index contributed by atoms with van der Waals surface area (Å²) in [4.78, 5) is 12.4. The van der Waals surface area contributed by atoms with Crippen molar-refractivity contribution in [2.45, 2.75) is 32.1 Å². The number of aromatic nitrogens is 1. The van der Waals surface area contributed by atoms with Crippen molar-refractivity contribution < 1.29 is 0 Å². The molecular weight excluding hydrogens is 276 g/mol. The number of thiazole rings is 1. The van der Waals surface area contributed by atoms with Crippen molar-refractivity contribution in [3.63, 3.8) is 0 Å². The fraction of sp³-hybridized carbons (Fsp3) is 0.692. The maximum absolute atomic E-state index is 4.40. The first-order valence-corrected chi connectivity index (χ1v) is 8.58. The van der Waals surface area contributed by atoms with Crippen molar-refractivity contribution in [1.29, 1.82) is 0 Å². The number of nitrogens with one attached hydrogen (secondary N) is 1. The first kappa shape index (κ1) is 14.7. The van der Waals surface area contributed by atoms with Crippen molar-refractivity contribution in [2.24, 2.45) is 4.99 Å². The Kier molecular flexibility index (Phi) is 5.51. The van der Waals surface area contributed by atoms with Gasteiger partial charge in [0.15, 0.2) is 5.96 Å². The van der Waals surface area contributed by atoms with Gasteiger partial charge in [-0.25, -0.2) is 4.98 Å². The van der Waals surface area contributed by atoms with Gasteiger partial charge >= 0.3 is 0 Å². The van der Waals surface area contributed by atoms with Crippen molar-refractivity contribution in [1.82, 2.24) is 15.2 Å². The van der Waals surface area contributed by atoms with E-state index in [1.165, 1.54) is 17.1 Å². The Balaban J connectivity index is 1.89. The lowest BCUT2D eigenvalue weighted by molar-refractivity contribution is 0.408. The fourth-order valence-electron chi connectivity index (χ4n) is 2.13. The summed E-state index contributed by atoms with van der Waals surface area (Å²) < 4.78 is 0. The number of guanidine groups is 1. The van der Waals surface area contributed by atoms with Crippen molar-refractivity contribution in [2.75, 3.05) is 25.9 Å². The SMILES string of the molecule is CCC1CN(C(=NC)NCc2ncc(C)s2)CCS1. The van der Waals surface area contributed by atoms with Crippen LogP contribution in [0, 0.1) is 6.92 Å². The Labute approximate surface area is 123 Å². The van der Waals surface area contributed by atoms with E-state index in [0.717, 1.165) is 35.9 Å². The van der Waals surface area contributed by atoms with Crippen LogP contribution in [0.1, 0.15) is 23.2 Å². The van der Waals surface area contributed by atoms with E-state index in [1.807, 2.05) is 13.2 Å². The molecule has 1 atom stereocenters. The summed E-state index contributed by atoms with van der Waals surface area (Å²) >= 11 is 3.82. The molecule has 1 aromatic rings. The molecule has 4 nitrogen and oxygen atoms in total. The zero-order valence-electron chi connectivity index (χ0n) is 11.8. The molecule has 0 amide bonds. The maximum atomic E-state index is 4.40. The highest BCUT2D eigenvalue weighted by Crippen LogP contribution is 2.21. The van der Waals surface area contributed by atoms with Gasteiger partial charge in [0.05, 0.1) is 6.54 Å². The first-order chi connectivity index (χ1) is 9.22. The molecule has 1 saturated heterocycles. The molecule has 0 bridgehead atoms. The second-order valence-corrected chi connectivity index (χ2v) is 7.34. The summed E-state index contributed by atoms with van der Waals surface area (Å²) in [5.74, 6) is 2.20. The van der Waals surface area contributed by atoms with Gasteiger partial charge in [-0.1, -0.05) is 6.92 Å². The number of hydrogen-bond donors (Lipinski definition) is 1. The van der Waals surface area contributed by atoms with Gasteiger partial charge in [0.2, 0.25) is 0 Å². The van der Waals surface area contributed by atoms with Crippen LogP contribution in [0.3, 0.4) is 0 Å². The molecule has 1 aromatic heterocycles. The monoisotopic (exact) mass is 298 g/mol. The fourth-order valence-corrected chi connectivity index (χ4v) is 4.04. The zero-order valence-corrected chi connectivity index (χ0v) is 13.5. The van der Waals surface area contributed by atoms with Gasteiger partial charge in [-0.3, -0.25) is 4.99 Å². The van der Waals surface area contributed by atoms with Gasteiger partial charge in [-0.15, -0.1) is 11.3 Å². The summed E-state index contributed by atoms with van der Waals surface area (Å²) in [5.41, 5.74) is 0. The lowest BCUT2D eigenvalue weighted by Crippen LogP contribution is -2.47. The van der Waals surface area contributed by atoms with Crippen molar-refractivity contribution in [3.05, 3.63) is 16.1 Å². The van der Waals surface area contributed by atoms with E-state index in [0.29, 0.717) is 0 Å². The Morgan fingerprint density at radius 3 is 3.11 bits per heavy atom. The van der Waals surface area contributed by atoms with Crippen molar-refractivity contribution >= 4 is 29.1 Å².